The number of hydrogen-bond donors (Lipinski definition) is 0. The van der Waals surface area contributed by atoms with E-state index in [4.69, 9.17) is 11.6 Å². The summed E-state index contributed by atoms with van der Waals surface area (Å²) in [5, 5.41) is 0.534. The van der Waals surface area contributed by atoms with Crippen molar-refractivity contribution in [3.63, 3.8) is 0 Å². The van der Waals surface area contributed by atoms with E-state index in [2.05, 4.69) is 4.74 Å². The highest BCUT2D eigenvalue weighted by molar-refractivity contribution is 6.30. The fourth-order valence-corrected chi connectivity index (χ4v) is 1.73. The molecule has 0 saturated heterocycles. The zero-order valence-electron chi connectivity index (χ0n) is 9.92. The van der Waals surface area contributed by atoms with Gasteiger partial charge in [-0.05, 0) is 57.2 Å². The standard InChI is InChI=1S/C12H16ClF2NO/c1-16(2)7-3-4-9-8-10(13)5-6-11(9)17-12(14)15/h5-6,8,12H,3-4,7H2,1-2H3. The lowest BCUT2D eigenvalue weighted by atomic mass is 10.1. The summed E-state index contributed by atoms with van der Waals surface area (Å²) in [4.78, 5) is 2.04. The predicted molar refractivity (Wildman–Crippen MR) is 65.0 cm³/mol. The first-order valence-corrected chi connectivity index (χ1v) is 5.75. The molecular weight excluding hydrogens is 248 g/mol. The molecule has 0 N–H and O–H groups in total. The zero-order chi connectivity index (χ0) is 12.8. The van der Waals surface area contributed by atoms with Gasteiger partial charge in [-0.1, -0.05) is 11.6 Å². The van der Waals surface area contributed by atoms with E-state index in [1.54, 1.807) is 12.1 Å². The quantitative estimate of drug-likeness (QED) is 0.780. The van der Waals surface area contributed by atoms with Crippen LogP contribution in [0.1, 0.15) is 12.0 Å². The van der Waals surface area contributed by atoms with E-state index in [9.17, 15) is 8.78 Å². The highest BCUT2D eigenvalue weighted by atomic mass is 35.5. The van der Waals surface area contributed by atoms with Gasteiger partial charge >= 0.3 is 6.61 Å². The van der Waals surface area contributed by atoms with Crippen molar-refractivity contribution < 1.29 is 13.5 Å². The van der Waals surface area contributed by atoms with Crippen LogP contribution < -0.4 is 4.74 Å². The SMILES string of the molecule is CN(C)CCCc1cc(Cl)ccc1OC(F)F. The van der Waals surface area contributed by atoms with Crippen LogP contribution in [0.5, 0.6) is 5.75 Å². The number of aryl methyl sites for hydroxylation is 1. The van der Waals surface area contributed by atoms with Crippen LogP contribution >= 0.6 is 11.6 Å². The highest BCUT2D eigenvalue weighted by Gasteiger charge is 2.10. The Morgan fingerprint density at radius 2 is 2.06 bits per heavy atom. The Labute approximate surface area is 105 Å². The summed E-state index contributed by atoms with van der Waals surface area (Å²) in [6, 6.07) is 4.71. The van der Waals surface area contributed by atoms with E-state index >= 15 is 0 Å². The zero-order valence-corrected chi connectivity index (χ0v) is 10.7. The summed E-state index contributed by atoms with van der Waals surface area (Å²) in [5.74, 6) is 0.211. The molecule has 96 valence electrons. The molecule has 17 heavy (non-hydrogen) atoms. The maximum Gasteiger partial charge on any atom is 0.387 e. The molecule has 0 unspecified atom stereocenters. The van der Waals surface area contributed by atoms with Gasteiger partial charge in [0, 0.05) is 5.02 Å². The Bertz CT molecular complexity index is 358. The molecule has 2 nitrogen and oxygen atoms in total. The average Bonchev–Trinajstić information content (AvgIpc) is 2.21. The van der Waals surface area contributed by atoms with Gasteiger partial charge in [0.25, 0.3) is 0 Å². The molecule has 0 heterocycles. The van der Waals surface area contributed by atoms with Crippen molar-refractivity contribution >= 4 is 11.6 Å². The van der Waals surface area contributed by atoms with Crippen LogP contribution in [0, 0.1) is 0 Å². The summed E-state index contributed by atoms with van der Waals surface area (Å²) in [6.45, 7) is -1.91. The minimum absolute atomic E-state index is 0.211. The fraction of sp³-hybridized carbons (Fsp3) is 0.500. The van der Waals surface area contributed by atoms with Gasteiger partial charge in [0.2, 0.25) is 0 Å². The summed E-state index contributed by atoms with van der Waals surface area (Å²) < 4.78 is 28.8. The van der Waals surface area contributed by atoms with E-state index in [0.717, 1.165) is 18.5 Å². The predicted octanol–water partition coefficient (Wildman–Crippen LogP) is 3.44. The number of halogens is 3. The Kier molecular flexibility index (Phi) is 5.65. The number of hydrogen-bond acceptors (Lipinski definition) is 2. The van der Waals surface area contributed by atoms with Crippen LogP contribution in [0.4, 0.5) is 8.78 Å². The lowest BCUT2D eigenvalue weighted by Gasteiger charge is -2.13. The van der Waals surface area contributed by atoms with E-state index in [-0.39, 0.29) is 5.75 Å². The van der Waals surface area contributed by atoms with Gasteiger partial charge in [-0.15, -0.1) is 0 Å². The van der Waals surface area contributed by atoms with E-state index in [1.165, 1.54) is 6.07 Å². The average molecular weight is 264 g/mol. The van der Waals surface area contributed by atoms with E-state index in [1.807, 2.05) is 19.0 Å². The summed E-state index contributed by atoms with van der Waals surface area (Å²) in [7, 11) is 3.93. The topological polar surface area (TPSA) is 12.5 Å². The molecule has 0 atom stereocenters. The molecule has 0 amide bonds. The Morgan fingerprint density at radius 3 is 2.65 bits per heavy atom. The molecule has 0 aliphatic heterocycles. The minimum Gasteiger partial charge on any atom is -0.435 e. The molecule has 0 spiro atoms. The van der Waals surface area contributed by atoms with Crippen molar-refractivity contribution in [3.8, 4) is 5.75 Å². The first-order valence-electron chi connectivity index (χ1n) is 5.37. The van der Waals surface area contributed by atoms with Crippen LogP contribution in [-0.4, -0.2) is 32.2 Å². The van der Waals surface area contributed by atoms with Gasteiger partial charge in [-0.3, -0.25) is 0 Å². The normalized spacial score (nSPS) is 11.2. The third kappa shape index (κ3) is 5.33. The van der Waals surface area contributed by atoms with Gasteiger partial charge in [0.05, 0.1) is 0 Å². The highest BCUT2D eigenvalue weighted by Crippen LogP contribution is 2.25. The first-order chi connectivity index (χ1) is 7.99. The third-order valence-electron chi connectivity index (χ3n) is 2.29. The van der Waals surface area contributed by atoms with Crippen molar-refractivity contribution in [2.24, 2.45) is 0 Å². The van der Waals surface area contributed by atoms with Gasteiger partial charge < -0.3 is 9.64 Å². The van der Waals surface area contributed by atoms with Crippen LogP contribution in [0.3, 0.4) is 0 Å². The number of nitrogens with zero attached hydrogens (tertiary/aromatic N) is 1. The molecule has 1 aromatic carbocycles. The Hall–Kier alpha value is -0.870. The molecular formula is C12H16ClF2NO. The summed E-state index contributed by atoms with van der Waals surface area (Å²) in [6.07, 6.45) is 1.54. The van der Waals surface area contributed by atoms with Gasteiger partial charge in [-0.2, -0.15) is 8.78 Å². The van der Waals surface area contributed by atoms with Crippen molar-refractivity contribution in [1.82, 2.24) is 4.90 Å². The van der Waals surface area contributed by atoms with Crippen molar-refractivity contribution in [2.75, 3.05) is 20.6 Å². The van der Waals surface area contributed by atoms with E-state index in [0.29, 0.717) is 11.4 Å². The van der Waals surface area contributed by atoms with Crippen LogP contribution in [-0.2, 0) is 6.42 Å². The second-order valence-electron chi connectivity index (χ2n) is 4.04. The molecule has 0 aliphatic carbocycles. The van der Waals surface area contributed by atoms with Crippen molar-refractivity contribution in [3.05, 3.63) is 28.8 Å². The number of ether oxygens (including phenoxy) is 1. The van der Waals surface area contributed by atoms with Crippen LogP contribution in [0.2, 0.25) is 5.02 Å². The number of alkyl halides is 2. The second-order valence-corrected chi connectivity index (χ2v) is 4.47. The smallest absolute Gasteiger partial charge is 0.387 e. The Balaban J connectivity index is 2.69. The first kappa shape index (κ1) is 14.2. The van der Waals surface area contributed by atoms with Crippen LogP contribution in [0.25, 0.3) is 0 Å². The summed E-state index contributed by atoms with van der Waals surface area (Å²) >= 11 is 5.84. The molecule has 5 heteroatoms. The maximum atomic E-state index is 12.2. The second kappa shape index (κ2) is 6.77. The molecule has 1 rings (SSSR count). The van der Waals surface area contributed by atoms with E-state index < -0.39 is 6.61 Å². The molecule has 1 aromatic rings. The van der Waals surface area contributed by atoms with Gasteiger partial charge in [0.15, 0.2) is 0 Å². The monoisotopic (exact) mass is 263 g/mol. The number of rotatable bonds is 6. The molecule has 0 bridgehead atoms. The fourth-order valence-electron chi connectivity index (χ4n) is 1.54. The molecule has 0 radical (unpaired) electrons. The molecule has 0 fully saturated rings. The number of benzene rings is 1. The summed E-state index contributed by atoms with van der Waals surface area (Å²) in [5.41, 5.74) is 0.722. The third-order valence-corrected chi connectivity index (χ3v) is 2.53. The van der Waals surface area contributed by atoms with Crippen molar-refractivity contribution in [2.45, 2.75) is 19.5 Å². The van der Waals surface area contributed by atoms with Crippen LogP contribution in [0.15, 0.2) is 18.2 Å². The van der Waals surface area contributed by atoms with Gasteiger partial charge in [-0.25, -0.2) is 0 Å². The molecule has 0 saturated carbocycles. The Morgan fingerprint density at radius 1 is 1.35 bits per heavy atom. The maximum absolute atomic E-state index is 12.2. The molecule has 0 aliphatic rings. The lowest BCUT2D eigenvalue weighted by molar-refractivity contribution is -0.0504. The molecule has 0 aromatic heterocycles. The largest absolute Gasteiger partial charge is 0.435 e. The lowest BCUT2D eigenvalue weighted by Crippen LogP contribution is -2.14. The minimum atomic E-state index is -2.80. The van der Waals surface area contributed by atoms with Gasteiger partial charge in [0.1, 0.15) is 5.75 Å². The van der Waals surface area contributed by atoms with Crippen molar-refractivity contribution in [1.29, 1.82) is 0 Å².